The molecule has 0 aliphatic heterocycles. The molecule has 0 aliphatic carbocycles. The first kappa shape index (κ1) is 21.6. The van der Waals surface area contributed by atoms with E-state index >= 15 is 0 Å². The molecule has 0 saturated heterocycles. The van der Waals surface area contributed by atoms with Gasteiger partial charge in [0.05, 0.1) is 30.2 Å². The maximum atomic E-state index is 10.8. The molecule has 0 spiro atoms. The van der Waals surface area contributed by atoms with Crippen LogP contribution < -0.4 is 0 Å². The third-order valence-electron chi connectivity index (χ3n) is 4.70. The molecule has 0 N–H and O–H groups in total. The molecule has 7 nitrogen and oxygen atoms in total. The average molecular weight is 447 g/mol. The predicted molar refractivity (Wildman–Crippen MR) is 124 cm³/mol. The summed E-state index contributed by atoms with van der Waals surface area (Å²) >= 11 is 0. The molecule has 3 heterocycles. The first-order chi connectivity index (χ1) is 15.5. The van der Waals surface area contributed by atoms with Crippen molar-refractivity contribution in [1.82, 2.24) is 19.5 Å². The lowest BCUT2D eigenvalue weighted by Gasteiger charge is -2.03. The summed E-state index contributed by atoms with van der Waals surface area (Å²) in [5.74, 6) is 0. The van der Waals surface area contributed by atoms with Gasteiger partial charge in [-0.2, -0.15) is 8.42 Å². The van der Waals surface area contributed by atoms with Crippen LogP contribution in [0.5, 0.6) is 0 Å². The number of fused-ring (bicyclic) bond motifs is 2. The van der Waals surface area contributed by atoms with Crippen LogP contribution in [0.1, 0.15) is 11.1 Å². The number of pyridine rings is 2. The zero-order chi connectivity index (χ0) is 22.4. The standard InChI is InChI=1S/C13H11N3.C11H11NO3S/c1-2-12-8-11(3-4-13(12)15-5-1)9-16-7-6-14-10-16;1-16(13,14)15-8-9-4-5-11-10(7-9)3-2-6-12-11/h1-8,10H,9H2;2-7H,8H2,1H3. The van der Waals surface area contributed by atoms with Crippen molar-refractivity contribution in [1.29, 1.82) is 0 Å². The van der Waals surface area contributed by atoms with Crippen LogP contribution in [0.4, 0.5) is 0 Å². The molecule has 2 aromatic carbocycles. The average Bonchev–Trinajstić information content (AvgIpc) is 3.30. The lowest BCUT2D eigenvalue weighted by atomic mass is 10.1. The van der Waals surface area contributed by atoms with Crippen molar-refractivity contribution in [3.05, 3.63) is 103 Å². The fourth-order valence-corrected chi connectivity index (χ4v) is 3.55. The molecular formula is C24H22N4O3S. The minimum atomic E-state index is -3.39. The number of rotatable bonds is 5. The second-order valence-electron chi connectivity index (χ2n) is 7.26. The minimum absolute atomic E-state index is 0.0592. The van der Waals surface area contributed by atoms with Gasteiger partial charge in [0.1, 0.15) is 0 Å². The van der Waals surface area contributed by atoms with Gasteiger partial charge < -0.3 is 4.57 Å². The Morgan fingerprint density at radius 2 is 1.47 bits per heavy atom. The highest BCUT2D eigenvalue weighted by molar-refractivity contribution is 7.85. The van der Waals surface area contributed by atoms with Crippen molar-refractivity contribution < 1.29 is 12.6 Å². The molecular weight excluding hydrogens is 424 g/mol. The quantitative estimate of drug-likeness (QED) is 0.376. The van der Waals surface area contributed by atoms with Crippen LogP contribution in [0, 0.1) is 0 Å². The largest absolute Gasteiger partial charge is 0.333 e. The van der Waals surface area contributed by atoms with Gasteiger partial charge in [-0.1, -0.05) is 24.3 Å². The molecule has 162 valence electrons. The van der Waals surface area contributed by atoms with Crippen LogP contribution in [0.3, 0.4) is 0 Å². The van der Waals surface area contributed by atoms with Gasteiger partial charge in [-0.05, 0) is 47.5 Å². The lowest BCUT2D eigenvalue weighted by molar-refractivity contribution is 0.312. The van der Waals surface area contributed by atoms with E-state index in [1.165, 1.54) is 10.9 Å². The van der Waals surface area contributed by atoms with Crippen LogP contribution in [-0.2, 0) is 27.5 Å². The first-order valence-corrected chi connectivity index (χ1v) is 11.8. The summed E-state index contributed by atoms with van der Waals surface area (Å²) in [6, 6.07) is 19.7. The highest BCUT2D eigenvalue weighted by Crippen LogP contribution is 2.15. The van der Waals surface area contributed by atoms with Gasteiger partial charge in [0.25, 0.3) is 10.1 Å². The molecule has 0 fully saturated rings. The molecule has 0 aliphatic rings. The van der Waals surface area contributed by atoms with Crippen LogP contribution in [0.15, 0.2) is 91.8 Å². The topological polar surface area (TPSA) is 87.0 Å². The van der Waals surface area contributed by atoms with E-state index in [9.17, 15) is 8.42 Å². The predicted octanol–water partition coefficient (Wildman–Crippen LogP) is 4.19. The number of imidazole rings is 1. The molecule has 5 rings (SSSR count). The van der Waals surface area contributed by atoms with Crippen molar-refractivity contribution in [3.63, 3.8) is 0 Å². The van der Waals surface area contributed by atoms with E-state index in [2.05, 4.69) is 43.8 Å². The molecule has 0 unspecified atom stereocenters. The fraction of sp³-hybridized carbons (Fsp3) is 0.125. The van der Waals surface area contributed by atoms with Crippen molar-refractivity contribution in [2.75, 3.05) is 6.26 Å². The van der Waals surface area contributed by atoms with Crippen LogP contribution in [0.25, 0.3) is 21.8 Å². The zero-order valence-corrected chi connectivity index (χ0v) is 18.3. The Kier molecular flexibility index (Phi) is 6.53. The monoisotopic (exact) mass is 446 g/mol. The van der Waals surface area contributed by atoms with Gasteiger partial charge in [0.2, 0.25) is 0 Å². The molecule has 32 heavy (non-hydrogen) atoms. The van der Waals surface area contributed by atoms with Gasteiger partial charge >= 0.3 is 0 Å². The van der Waals surface area contributed by atoms with Gasteiger partial charge in [-0.3, -0.25) is 14.2 Å². The Hall–Kier alpha value is -3.62. The van der Waals surface area contributed by atoms with Crippen molar-refractivity contribution in [2.45, 2.75) is 13.2 Å². The molecule has 0 amide bonds. The van der Waals surface area contributed by atoms with Crippen molar-refractivity contribution >= 4 is 31.9 Å². The molecule has 0 radical (unpaired) electrons. The highest BCUT2D eigenvalue weighted by Gasteiger charge is 2.03. The summed E-state index contributed by atoms with van der Waals surface area (Å²) in [6.07, 6.45) is 10.2. The fourth-order valence-electron chi connectivity index (χ4n) is 3.20. The molecule has 3 aromatic heterocycles. The summed E-state index contributed by atoms with van der Waals surface area (Å²) in [4.78, 5) is 12.5. The smallest absolute Gasteiger partial charge is 0.264 e. The van der Waals surface area contributed by atoms with Crippen LogP contribution in [0.2, 0.25) is 0 Å². The SMILES string of the molecule is CS(=O)(=O)OCc1ccc2ncccc2c1.c1cnc2ccc(Cn3ccnc3)cc2c1. The van der Waals surface area contributed by atoms with Crippen molar-refractivity contribution in [2.24, 2.45) is 0 Å². The first-order valence-electron chi connectivity index (χ1n) is 9.94. The number of aromatic nitrogens is 4. The third-order valence-corrected chi connectivity index (χ3v) is 5.24. The second kappa shape index (κ2) is 9.67. The van der Waals surface area contributed by atoms with E-state index in [0.29, 0.717) is 0 Å². The van der Waals surface area contributed by atoms with Crippen LogP contribution in [-0.4, -0.2) is 34.2 Å². The minimum Gasteiger partial charge on any atom is -0.333 e. The van der Waals surface area contributed by atoms with Gasteiger partial charge in [0.15, 0.2) is 0 Å². The van der Waals surface area contributed by atoms with Crippen molar-refractivity contribution in [3.8, 4) is 0 Å². The Morgan fingerprint density at radius 1 is 0.844 bits per heavy atom. The molecule has 8 heteroatoms. The van der Waals surface area contributed by atoms with E-state index in [-0.39, 0.29) is 6.61 Å². The zero-order valence-electron chi connectivity index (χ0n) is 17.5. The van der Waals surface area contributed by atoms with Gasteiger partial charge in [0, 0.05) is 42.1 Å². The molecule has 0 bridgehead atoms. The number of hydrogen-bond donors (Lipinski definition) is 0. The van der Waals surface area contributed by atoms with E-state index in [4.69, 9.17) is 4.18 Å². The summed E-state index contributed by atoms with van der Waals surface area (Å²) in [5.41, 5.74) is 3.99. The second-order valence-corrected chi connectivity index (χ2v) is 8.91. The number of benzene rings is 2. The number of hydrogen-bond acceptors (Lipinski definition) is 6. The van der Waals surface area contributed by atoms with Crippen LogP contribution >= 0.6 is 0 Å². The van der Waals surface area contributed by atoms with Gasteiger partial charge in [-0.25, -0.2) is 4.98 Å². The summed E-state index contributed by atoms with van der Waals surface area (Å²) in [7, 11) is -3.39. The van der Waals surface area contributed by atoms with E-state index < -0.39 is 10.1 Å². The molecule has 0 saturated carbocycles. The summed E-state index contributed by atoms with van der Waals surface area (Å²) in [6.45, 7) is 0.911. The lowest BCUT2D eigenvalue weighted by Crippen LogP contribution is -2.02. The Labute approximate surface area is 186 Å². The van der Waals surface area contributed by atoms with E-state index in [1.54, 1.807) is 18.5 Å². The van der Waals surface area contributed by atoms with Gasteiger partial charge in [-0.15, -0.1) is 0 Å². The summed E-state index contributed by atoms with van der Waals surface area (Å²) in [5, 5.41) is 2.15. The Bertz CT molecular complexity index is 1430. The normalized spacial score (nSPS) is 11.3. The Morgan fingerprint density at radius 3 is 2.06 bits per heavy atom. The highest BCUT2D eigenvalue weighted by atomic mass is 32.2. The third kappa shape index (κ3) is 5.96. The molecule has 5 aromatic rings. The van der Waals surface area contributed by atoms with E-state index in [1.807, 2.05) is 49.1 Å². The van der Waals surface area contributed by atoms with E-state index in [0.717, 1.165) is 34.8 Å². The maximum absolute atomic E-state index is 10.8. The summed E-state index contributed by atoms with van der Waals surface area (Å²) < 4.78 is 28.4. The molecule has 0 atom stereocenters. The Balaban J connectivity index is 0.000000153. The maximum Gasteiger partial charge on any atom is 0.264 e. The number of nitrogens with zero attached hydrogens (tertiary/aromatic N) is 4.